The molecule has 0 amide bonds. The Hall–Kier alpha value is -0.380. The monoisotopic (exact) mass is 266 g/mol. The summed E-state index contributed by atoms with van der Waals surface area (Å²) in [6.45, 7) is 7.04. The van der Waals surface area contributed by atoms with Crippen LogP contribution >= 0.6 is 11.3 Å². The summed E-state index contributed by atoms with van der Waals surface area (Å²) in [4.78, 5) is 2.50. The van der Waals surface area contributed by atoms with Gasteiger partial charge in [0.05, 0.1) is 0 Å². The molecule has 0 bridgehead atoms. The van der Waals surface area contributed by atoms with E-state index in [4.69, 9.17) is 0 Å². The van der Waals surface area contributed by atoms with E-state index in [1.165, 1.54) is 50.9 Å². The summed E-state index contributed by atoms with van der Waals surface area (Å²) in [5, 5.41) is 8.04. The van der Waals surface area contributed by atoms with Gasteiger partial charge < -0.3 is 10.2 Å². The lowest BCUT2D eigenvalue weighted by atomic mass is 9.76. The van der Waals surface area contributed by atoms with Crippen molar-refractivity contribution in [2.45, 2.75) is 39.2 Å². The summed E-state index contributed by atoms with van der Waals surface area (Å²) in [6, 6.07) is 2.24. The molecule has 1 aliphatic heterocycles. The van der Waals surface area contributed by atoms with Crippen LogP contribution in [0.25, 0.3) is 0 Å². The van der Waals surface area contributed by atoms with Gasteiger partial charge in [0, 0.05) is 19.6 Å². The third kappa shape index (κ3) is 3.81. The van der Waals surface area contributed by atoms with E-state index in [1.54, 1.807) is 11.3 Å². The molecular weight excluding hydrogens is 240 g/mol. The highest BCUT2D eigenvalue weighted by Gasteiger charge is 2.32. The van der Waals surface area contributed by atoms with Gasteiger partial charge in [-0.1, -0.05) is 13.3 Å². The van der Waals surface area contributed by atoms with Crippen molar-refractivity contribution in [2.24, 2.45) is 5.41 Å². The van der Waals surface area contributed by atoms with Crippen molar-refractivity contribution in [1.29, 1.82) is 0 Å². The van der Waals surface area contributed by atoms with E-state index in [-0.39, 0.29) is 0 Å². The Bertz CT molecular complexity index is 323. The first-order valence-electron chi connectivity index (χ1n) is 7.14. The molecule has 1 aromatic heterocycles. The third-order valence-electron chi connectivity index (χ3n) is 3.98. The Morgan fingerprint density at radius 3 is 3.00 bits per heavy atom. The SMILES string of the molecule is CCCC1(CN(C)Cc2ccsc2)CCCNC1. The van der Waals surface area contributed by atoms with Crippen molar-refractivity contribution in [2.75, 3.05) is 26.7 Å². The summed E-state index contributed by atoms with van der Waals surface area (Å²) >= 11 is 1.80. The predicted molar refractivity (Wildman–Crippen MR) is 80.1 cm³/mol. The zero-order chi connectivity index (χ0) is 12.8. The maximum atomic E-state index is 3.60. The second-order valence-corrected chi connectivity index (χ2v) is 6.61. The van der Waals surface area contributed by atoms with Gasteiger partial charge in [-0.2, -0.15) is 11.3 Å². The Balaban J connectivity index is 1.91. The number of hydrogen-bond donors (Lipinski definition) is 1. The second kappa shape index (κ2) is 6.69. The third-order valence-corrected chi connectivity index (χ3v) is 4.71. The van der Waals surface area contributed by atoms with Crippen molar-refractivity contribution < 1.29 is 0 Å². The van der Waals surface area contributed by atoms with E-state index in [2.05, 4.69) is 41.0 Å². The fraction of sp³-hybridized carbons (Fsp3) is 0.733. The maximum Gasteiger partial charge on any atom is 0.0239 e. The highest BCUT2D eigenvalue weighted by Crippen LogP contribution is 2.32. The molecule has 0 aromatic carbocycles. The van der Waals surface area contributed by atoms with Crippen LogP contribution in [0.2, 0.25) is 0 Å². The van der Waals surface area contributed by atoms with E-state index >= 15 is 0 Å². The molecule has 1 N–H and O–H groups in total. The van der Waals surface area contributed by atoms with Crippen molar-refractivity contribution in [3.8, 4) is 0 Å². The van der Waals surface area contributed by atoms with Gasteiger partial charge in [0.15, 0.2) is 0 Å². The molecule has 1 saturated heterocycles. The minimum Gasteiger partial charge on any atom is -0.316 e. The molecule has 3 heteroatoms. The average molecular weight is 266 g/mol. The van der Waals surface area contributed by atoms with Gasteiger partial charge in [-0.05, 0) is 60.7 Å². The zero-order valence-electron chi connectivity index (χ0n) is 11.7. The quantitative estimate of drug-likeness (QED) is 0.849. The zero-order valence-corrected chi connectivity index (χ0v) is 12.6. The van der Waals surface area contributed by atoms with Crippen LogP contribution < -0.4 is 5.32 Å². The standard InChI is InChI=1S/C15H26N2S/c1-3-6-15(7-4-8-16-12-15)13-17(2)10-14-5-9-18-11-14/h5,9,11,16H,3-4,6-8,10,12-13H2,1-2H3. The molecule has 2 nitrogen and oxygen atoms in total. The highest BCUT2D eigenvalue weighted by molar-refractivity contribution is 7.07. The number of thiophene rings is 1. The van der Waals surface area contributed by atoms with Gasteiger partial charge in [-0.3, -0.25) is 0 Å². The minimum absolute atomic E-state index is 0.512. The van der Waals surface area contributed by atoms with Gasteiger partial charge in [-0.15, -0.1) is 0 Å². The van der Waals surface area contributed by atoms with Gasteiger partial charge in [-0.25, -0.2) is 0 Å². The Kier molecular flexibility index (Phi) is 5.22. The van der Waals surface area contributed by atoms with Crippen molar-refractivity contribution in [3.63, 3.8) is 0 Å². The molecule has 18 heavy (non-hydrogen) atoms. The van der Waals surface area contributed by atoms with E-state index in [9.17, 15) is 0 Å². The Morgan fingerprint density at radius 2 is 2.39 bits per heavy atom. The first-order valence-corrected chi connectivity index (χ1v) is 8.09. The lowest BCUT2D eigenvalue weighted by Crippen LogP contribution is -2.46. The van der Waals surface area contributed by atoms with Crippen LogP contribution in [0.1, 0.15) is 38.2 Å². The van der Waals surface area contributed by atoms with Crippen molar-refractivity contribution in [3.05, 3.63) is 22.4 Å². The first kappa shape index (κ1) is 14.0. The van der Waals surface area contributed by atoms with Gasteiger partial charge >= 0.3 is 0 Å². The van der Waals surface area contributed by atoms with Crippen molar-refractivity contribution in [1.82, 2.24) is 10.2 Å². The molecule has 102 valence electrons. The number of piperidine rings is 1. The average Bonchev–Trinajstić information content (AvgIpc) is 2.83. The summed E-state index contributed by atoms with van der Waals surface area (Å²) in [5.74, 6) is 0. The summed E-state index contributed by atoms with van der Waals surface area (Å²) < 4.78 is 0. The lowest BCUT2D eigenvalue weighted by molar-refractivity contribution is 0.118. The summed E-state index contributed by atoms with van der Waals surface area (Å²) in [5.41, 5.74) is 1.97. The highest BCUT2D eigenvalue weighted by atomic mass is 32.1. The fourth-order valence-electron chi connectivity index (χ4n) is 3.31. The molecule has 1 fully saturated rings. The fourth-order valence-corrected chi connectivity index (χ4v) is 3.97. The number of rotatable bonds is 6. The molecular formula is C15H26N2S. The summed E-state index contributed by atoms with van der Waals surface area (Å²) in [6.07, 6.45) is 5.38. The van der Waals surface area contributed by atoms with E-state index < -0.39 is 0 Å². The van der Waals surface area contributed by atoms with Gasteiger partial charge in [0.25, 0.3) is 0 Å². The maximum absolute atomic E-state index is 3.60. The largest absolute Gasteiger partial charge is 0.316 e. The van der Waals surface area contributed by atoms with Gasteiger partial charge in [0.1, 0.15) is 0 Å². The van der Waals surface area contributed by atoms with Crippen molar-refractivity contribution >= 4 is 11.3 Å². The van der Waals surface area contributed by atoms with Gasteiger partial charge in [0.2, 0.25) is 0 Å². The molecule has 2 heterocycles. The number of hydrogen-bond acceptors (Lipinski definition) is 3. The molecule has 1 aromatic rings. The van der Waals surface area contributed by atoms with Crippen LogP contribution in [-0.4, -0.2) is 31.6 Å². The molecule has 0 aliphatic carbocycles. The molecule has 1 unspecified atom stereocenters. The Labute approximate surface area is 115 Å². The summed E-state index contributed by atoms with van der Waals surface area (Å²) in [7, 11) is 2.27. The number of nitrogens with one attached hydrogen (secondary N) is 1. The Morgan fingerprint density at radius 1 is 1.50 bits per heavy atom. The lowest BCUT2D eigenvalue weighted by Gasteiger charge is -2.40. The second-order valence-electron chi connectivity index (χ2n) is 5.83. The van der Waals surface area contributed by atoms with Crippen LogP contribution in [-0.2, 0) is 6.54 Å². The van der Waals surface area contributed by atoms with Crippen LogP contribution in [0.3, 0.4) is 0 Å². The van der Waals surface area contributed by atoms with Crippen LogP contribution in [0.5, 0.6) is 0 Å². The molecule has 2 rings (SSSR count). The van der Waals surface area contributed by atoms with Crippen LogP contribution in [0.15, 0.2) is 16.8 Å². The van der Waals surface area contributed by atoms with E-state index in [0.717, 1.165) is 6.54 Å². The first-order chi connectivity index (χ1) is 8.74. The smallest absolute Gasteiger partial charge is 0.0239 e. The molecule has 1 atom stereocenters. The van der Waals surface area contributed by atoms with Crippen LogP contribution in [0.4, 0.5) is 0 Å². The number of nitrogens with zero attached hydrogens (tertiary/aromatic N) is 1. The molecule has 0 saturated carbocycles. The van der Waals surface area contributed by atoms with E-state index in [0.29, 0.717) is 5.41 Å². The molecule has 0 spiro atoms. The normalized spacial score (nSPS) is 24.6. The predicted octanol–water partition coefficient (Wildman–Crippen LogP) is 3.35. The topological polar surface area (TPSA) is 15.3 Å². The van der Waals surface area contributed by atoms with Crippen LogP contribution in [0, 0.1) is 5.41 Å². The minimum atomic E-state index is 0.512. The molecule has 0 radical (unpaired) electrons. The van der Waals surface area contributed by atoms with E-state index in [1.807, 2.05) is 0 Å². The molecule has 1 aliphatic rings.